The molecular weight excluding hydrogens is 482 g/mol. The van der Waals surface area contributed by atoms with Crippen molar-refractivity contribution in [3.63, 3.8) is 0 Å². The monoisotopic (exact) mass is 507 g/mol. The van der Waals surface area contributed by atoms with Gasteiger partial charge in [-0.2, -0.15) is 4.37 Å². The van der Waals surface area contributed by atoms with Gasteiger partial charge >= 0.3 is 11.9 Å². The van der Waals surface area contributed by atoms with Crippen molar-refractivity contribution >= 4 is 45.0 Å². The zero-order chi connectivity index (χ0) is 24.7. The number of ether oxygens (including phenoxy) is 2. The van der Waals surface area contributed by atoms with Gasteiger partial charge in [0, 0.05) is 10.6 Å². The van der Waals surface area contributed by atoms with Crippen molar-refractivity contribution in [3.8, 4) is 0 Å². The van der Waals surface area contributed by atoms with Crippen LogP contribution in [0.25, 0.3) is 0 Å². The van der Waals surface area contributed by atoms with Crippen molar-refractivity contribution in [1.82, 2.24) is 4.37 Å². The lowest BCUT2D eigenvalue weighted by molar-refractivity contribution is -0.162. The summed E-state index contributed by atoms with van der Waals surface area (Å²) in [5, 5.41) is 3.07. The number of esters is 2. The van der Waals surface area contributed by atoms with Crippen LogP contribution in [0.3, 0.4) is 0 Å². The molecule has 3 aromatic rings. The first-order valence-corrected chi connectivity index (χ1v) is 12.7. The zero-order valence-corrected chi connectivity index (χ0v) is 20.4. The van der Waals surface area contributed by atoms with E-state index in [0.29, 0.717) is 11.4 Å². The zero-order valence-electron chi connectivity index (χ0n) is 18.8. The predicted octanol–water partition coefficient (Wildman–Crippen LogP) is 3.74. The van der Waals surface area contributed by atoms with Gasteiger partial charge in [-0.15, -0.1) is 0 Å². The van der Waals surface area contributed by atoms with E-state index < -0.39 is 33.9 Å². The molecule has 1 aromatic carbocycles. The molecule has 1 atom stereocenters. The van der Waals surface area contributed by atoms with Gasteiger partial charge in [-0.3, -0.25) is 14.3 Å². The number of anilines is 2. The Morgan fingerprint density at radius 1 is 1.09 bits per heavy atom. The fraction of sp³-hybridized carbons (Fsp3) is 0.318. The molecule has 0 amide bonds. The Hall–Kier alpha value is -3.38. The highest BCUT2D eigenvalue weighted by Gasteiger charge is 2.40. The Labute approximate surface area is 201 Å². The Bertz CT molecular complexity index is 1190. The molecule has 12 heteroatoms. The summed E-state index contributed by atoms with van der Waals surface area (Å²) in [4.78, 5) is 26.2. The van der Waals surface area contributed by atoms with E-state index in [0.717, 1.165) is 4.88 Å². The van der Waals surface area contributed by atoms with E-state index in [1.807, 2.05) is 6.92 Å². The number of rotatable bonds is 11. The van der Waals surface area contributed by atoms with Crippen LogP contribution >= 0.6 is 11.5 Å². The molecule has 34 heavy (non-hydrogen) atoms. The molecule has 182 valence electrons. The van der Waals surface area contributed by atoms with E-state index in [9.17, 15) is 18.0 Å². The lowest BCUT2D eigenvalue weighted by Gasteiger charge is -2.24. The van der Waals surface area contributed by atoms with E-state index in [1.165, 1.54) is 42.1 Å². The molecule has 0 bridgehead atoms. The molecular formula is C22H25N3O7S2. The Balaban J connectivity index is 1.86. The summed E-state index contributed by atoms with van der Waals surface area (Å²) < 4.78 is 47.4. The number of nitrogens with one attached hydrogen (secondary N) is 2. The van der Waals surface area contributed by atoms with Crippen LogP contribution in [0.15, 0.2) is 58.0 Å². The molecule has 1 unspecified atom stereocenters. The van der Waals surface area contributed by atoms with Gasteiger partial charge in [0.1, 0.15) is 11.8 Å². The number of sulfonamides is 1. The summed E-state index contributed by atoms with van der Waals surface area (Å²) in [6.45, 7) is 5.26. The van der Waals surface area contributed by atoms with Crippen molar-refractivity contribution in [2.45, 2.75) is 31.7 Å². The van der Waals surface area contributed by atoms with Gasteiger partial charge < -0.3 is 19.2 Å². The van der Waals surface area contributed by atoms with Crippen LogP contribution in [0.1, 0.15) is 30.5 Å². The Morgan fingerprint density at radius 3 is 2.24 bits per heavy atom. The van der Waals surface area contributed by atoms with Crippen LogP contribution in [0.4, 0.5) is 11.5 Å². The summed E-state index contributed by atoms with van der Waals surface area (Å²) >= 11 is 1.19. The average molecular weight is 508 g/mol. The Morgan fingerprint density at radius 2 is 1.74 bits per heavy atom. The van der Waals surface area contributed by atoms with Gasteiger partial charge in [0.05, 0.1) is 24.4 Å². The lowest BCUT2D eigenvalue weighted by Crippen LogP contribution is -2.36. The third-order valence-corrected chi connectivity index (χ3v) is 6.68. The number of aryl methyl sites for hydroxylation is 1. The largest absolute Gasteiger partial charge is 0.467 e. The molecule has 10 nitrogen and oxygen atoms in total. The molecule has 0 saturated carbocycles. The predicted molar refractivity (Wildman–Crippen MR) is 126 cm³/mol. The van der Waals surface area contributed by atoms with Crippen LogP contribution in [-0.2, 0) is 29.1 Å². The number of nitrogens with zero attached hydrogens (tertiary/aromatic N) is 1. The third-order valence-electron chi connectivity index (χ3n) is 4.62. The van der Waals surface area contributed by atoms with E-state index in [2.05, 4.69) is 14.4 Å². The van der Waals surface area contributed by atoms with Crippen molar-refractivity contribution < 1.29 is 31.9 Å². The first-order chi connectivity index (χ1) is 16.2. The maximum Gasteiger partial charge on any atom is 0.322 e. The fourth-order valence-corrected chi connectivity index (χ4v) is 4.70. The summed E-state index contributed by atoms with van der Waals surface area (Å²) in [5.74, 6) is -2.32. The van der Waals surface area contributed by atoms with Crippen molar-refractivity contribution in [2.75, 3.05) is 23.3 Å². The van der Waals surface area contributed by atoms with E-state index in [-0.39, 0.29) is 23.9 Å². The minimum Gasteiger partial charge on any atom is -0.467 e. The maximum absolute atomic E-state index is 12.7. The molecule has 2 aromatic heterocycles. The molecule has 0 spiro atoms. The minimum absolute atomic E-state index is 0.0191. The molecule has 0 aliphatic heterocycles. The average Bonchev–Trinajstić information content (AvgIpc) is 3.46. The number of benzene rings is 1. The fourth-order valence-electron chi connectivity index (χ4n) is 3.14. The topological polar surface area (TPSA) is 137 Å². The summed E-state index contributed by atoms with van der Waals surface area (Å²) in [6, 6.07) is 9.75. The Kier molecular flexibility index (Phi) is 8.29. The highest BCUT2D eigenvalue weighted by molar-refractivity contribution is 7.92. The van der Waals surface area contributed by atoms with Crippen molar-refractivity contribution in [2.24, 2.45) is 5.92 Å². The highest BCUT2D eigenvalue weighted by Crippen LogP contribution is 2.30. The standard InChI is InChI=1S/C22H25N3O7S2/c1-4-30-21(26)19(22(27)31-5-2)20(17-7-6-12-32-17)23-15-8-10-16(11-9-15)34(28,29)25-18-13-14(3)33-24-18/h6-13,19-20,23H,4-5H2,1-3H3,(H,24,25). The van der Waals surface area contributed by atoms with Crippen molar-refractivity contribution in [1.29, 1.82) is 0 Å². The minimum atomic E-state index is -3.85. The molecule has 0 fully saturated rings. The normalized spacial score (nSPS) is 12.2. The van der Waals surface area contributed by atoms with Crippen LogP contribution in [0.5, 0.6) is 0 Å². The highest BCUT2D eigenvalue weighted by atomic mass is 32.2. The van der Waals surface area contributed by atoms with Gasteiger partial charge in [0.25, 0.3) is 10.0 Å². The van der Waals surface area contributed by atoms with Gasteiger partial charge in [-0.1, -0.05) is 0 Å². The third kappa shape index (κ3) is 6.14. The van der Waals surface area contributed by atoms with E-state index in [4.69, 9.17) is 13.9 Å². The molecule has 3 rings (SSSR count). The first kappa shape index (κ1) is 25.2. The van der Waals surface area contributed by atoms with E-state index in [1.54, 1.807) is 32.0 Å². The molecule has 0 aliphatic carbocycles. The van der Waals surface area contributed by atoms with Crippen LogP contribution in [0.2, 0.25) is 0 Å². The molecule has 2 N–H and O–H groups in total. The number of furan rings is 1. The van der Waals surface area contributed by atoms with Gasteiger partial charge in [-0.05, 0) is 74.8 Å². The SMILES string of the molecule is CCOC(=O)C(C(=O)OCC)C(Nc1ccc(S(=O)(=O)Nc2cc(C)sn2)cc1)c1ccco1. The van der Waals surface area contributed by atoms with Crippen LogP contribution < -0.4 is 10.0 Å². The first-order valence-electron chi connectivity index (χ1n) is 10.4. The molecule has 0 saturated heterocycles. The smallest absolute Gasteiger partial charge is 0.322 e. The van der Waals surface area contributed by atoms with Gasteiger partial charge in [0.15, 0.2) is 11.7 Å². The number of carbonyl (C=O) groups excluding carboxylic acids is 2. The second-order valence-electron chi connectivity index (χ2n) is 7.07. The molecule has 2 heterocycles. The maximum atomic E-state index is 12.7. The second-order valence-corrected chi connectivity index (χ2v) is 9.76. The lowest BCUT2D eigenvalue weighted by atomic mass is 9.97. The number of hydrogen-bond acceptors (Lipinski definition) is 10. The molecule has 0 radical (unpaired) electrons. The summed E-state index contributed by atoms with van der Waals surface area (Å²) in [5.41, 5.74) is 0.448. The van der Waals surface area contributed by atoms with Crippen LogP contribution in [0, 0.1) is 12.8 Å². The number of carbonyl (C=O) groups is 2. The summed E-state index contributed by atoms with van der Waals surface area (Å²) in [6.07, 6.45) is 1.42. The molecule has 0 aliphatic rings. The number of hydrogen-bond donors (Lipinski definition) is 2. The summed E-state index contributed by atoms with van der Waals surface area (Å²) in [7, 11) is -3.85. The van der Waals surface area contributed by atoms with E-state index >= 15 is 0 Å². The van der Waals surface area contributed by atoms with Crippen molar-refractivity contribution in [3.05, 3.63) is 59.4 Å². The number of aromatic nitrogens is 1. The quantitative estimate of drug-likeness (QED) is 0.294. The second kappa shape index (κ2) is 11.2. The van der Waals surface area contributed by atoms with Crippen LogP contribution in [-0.4, -0.2) is 37.9 Å². The van der Waals surface area contributed by atoms with Gasteiger partial charge in [-0.25, -0.2) is 8.42 Å². The van der Waals surface area contributed by atoms with Gasteiger partial charge in [0.2, 0.25) is 0 Å².